The summed E-state index contributed by atoms with van der Waals surface area (Å²) in [6, 6.07) is 18.2. The van der Waals surface area contributed by atoms with Crippen molar-refractivity contribution >= 4 is 16.0 Å². The summed E-state index contributed by atoms with van der Waals surface area (Å²) < 4.78 is 46.8. The number of rotatable bonds is 13. The van der Waals surface area contributed by atoms with Crippen LogP contribution in [0.2, 0.25) is 0 Å². The Bertz CT molecular complexity index is 1290. The van der Waals surface area contributed by atoms with E-state index in [4.69, 9.17) is 14.2 Å². The molecule has 0 amide bonds. The van der Waals surface area contributed by atoms with Gasteiger partial charge in [0.2, 0.25) is 10.0 Å². The molecule has 1 aliphatic carbocycles. The predicted octanol–water partition coefficient (Wildman–Crippen LogP) is 5.38. The third kappa shape index (κ3) is 7.68. The van der Waals surface area contributed by atoms with Gasteiger partial charge in [0.25, 0.3) is 0 Å². The van der Waals surface area contributed by atoms with Gasteiger partial charge in [-0.2, -0.15) is 4.31 Å². The van der Waals surface area contributed by atoms with E-state index in [-0.39, 0.29) is 30.1 Å². The number of nitrogens with zero attached hydrogens (tertiary/aromatic N) is 2. The first kappa shape index (κ1) is 29.7. The Morgan fingerprint density at radius 3 is 2.25 bits per heavy atom. The summed E-state index contributed by atoms with van der Waals surface area (Å²) in [5.74, 6) is -0.226. The lowest BCUT2D eigenvalue weighted by molar-refractivity contribution is -0.152. The zero-order valence-electron chi connectivity index (χ0n) is 23.1. The summed E-state index contributed by atoms with van der Waals surface area (Å²) in [5.41, 5.74) is 1.57. The number of benzene rings is 2. The molecule has 3 aromatic rings. The number of aromatic nitrogens is 1. The van der Waals surface area contributed by atoms with Crippen LogP contribution >= 0.6 is 0 Å². The fourth-order valence-electron chi connectivity index (χ4n) is 5.10. The fourth-order valence-corrected chi connectivity index (χ4v) is 6.73. The Balaban J connectivity index is 1.69. The van der Waals surface area contributed by atoms with Crippen molar-refractivity contribution in [1.82, 2.24) is 9.29 Å². The Hall–Kier alpha value is -3.27. The van der Waals surface area contributed by atoms with Crippen molar-refractivity contribution < 1.29 is 27.4 Å². The van der Waals surface area contributed by atoms with Crippen LogP contribution in [0.15, 0.2) is 84.0 Å². The van der Waals surface area contributed by atoms with E-state index in [0.29, 0.717) is 25.2 Å². The van der Waals surface area contributed by atoms with Gasteiger partial charge in [-0.25, -0.2) is 8.42 Å². The number of esters is 1. The minimum atomic E-state index is -4.10. The first-order valence-electron chi connectivity index (χ1n) is 13.8. The summed E-state index contributed by atoms with van der Waals surface area (Å²) in [6.07, 6.45) is 7.13. The SMILES string of the molecule is CCCO[C@H]1CC[C@H](C(C(=O)OCc2ccccc2)N(Cc2ccncc2)S(=O)(=O)c2ccc(OC)cc2)CC1. The van der Waals surface area contributed by atoms with Gasteiger partial charge in [-0.1, -0.05) is 37.3 Å². The van der Waals surface area contributed by atoms with Crippen LogP contribution < -0.4 is 4.74 Å². The number of hydrogen-bond donors (Lipinski definition) is 0. The van der Waals surface area contributed by atoms with E-state index >= 15 is 0 Å². The van der Waals surface area contributed by atoms with E-state index in [1.165, 1.54) is 23.5 Å². The van der Waals surface area contributed by atoms with E-state index in [1.54, 1.807) is 36.7 Å². The Kier molecular flexibility index (Phi) is 10.7. The molecule has 0 bridgehead atoms. The first-order chi connectivity index (χ1) is 19.4. The number of methoxy groups -OCH3 is 1. The first-order valence-corrected chi connectivity index (χ1v) is 15.2. The van der Waals surface area contributed by atoms with E-state index in [9.17, 15) is 13.2 Å². The summed E-state index contributed by atoms with van der Waals surface area (Å²) in [6.45, 7) is 2.84. The predicted molar refractivity (Wildman–Crippen MR) is 152 cm³/mol. The number of carbonyl (C=O) groups excluding carboxylic acids is 1. The molecule has 0 spiro atoms. The molecule has 8 nitrogen and oxygen atoms in total. The zero-order chi connectivity index (χ0) is 28.4. The second-order valence-electron chi connectivity index (χ2n) is 10.0. The molecule has 1 aliphatic rings. The lowest BCUT2D eigenvalue weighted by Crippen LogP contribution is -2.50. The van der Waals surface area contributed by atoms with Gasteiger partial charge < -0.3 is 14.2 Å². The van der Waals surface area contributed by atoms with Crippen molar-refractivity contribution in [2.75, 3.05) is 13.7 Å². The molecular formula is C31H38N2O6S. The maximum Gasteiger partial charge on any atom is 0.325 e. The number of pyridine rings is 1. The molecule has 4 rings (SSSR count). The number of ether oxygens (including phenoxy) is 3. The van der Waals surface area contributed by atoms with Crippen LogP contribution in [-0.4, -0.2) is 49.5 Å². The largest absolute Gasteiger partial charge is 0.497 e. The molecule has 0 saturated heterocycles. The molecule has 1 saturated carbocycles. The molecule has 1 heterocycles. The van der Waals surface area contributed by atoms with Crippen molar-refractivity contribution in [1.29, 1.82) is 0 Å². The molecule has 1 unspecified atom stereocenters. The highest BCUT2D eigenvalue weighted by molar-refractivity contribution is 7.89. The average molecular weight is 567 g/mol. The van der Waals surface area contributed by atoms with E-state index in [1.807, 2.05) is 30.3 Å². The van der Waals surface area contributed by atoms with Crippen LogP contribution in [0.3, 0.4) is 0 Å². The molecule has 40 heavy (non-hydrogen) atoms. The Morgan fingerprint density at radius 2 is 1.62 bits per heavy atom. The highest BCUT2D eigenvalue weighted by atomic mass is 32.2. The van der Waals surface area contributed by atoms with Gasteiger partial charge >= 0.3 is 5.97 Å². The molecule has 9 heteroatoms. The van der Waals surface area contributed by atoms with E-state index in [0.717, 1.165) is 30.4 Å². The van der Waals surface area contributed by atoms with Crippen LogP contribution in [0.5, 0.6) is 5.75 Å². The van der Waals surface area contributed by atoms with E-state index < -0.39 is 22.0 Å². The Morgan fingerprint density at radius 1 is 0.950 bits per heavy atom. The van der Waals surface area contributed by atoms with Gasteiger partial charge in [0.1, 0.15) is 18.4 Å². The monoisotopic (exact) mass is 566 g/mol. The van der Waals surface area contributed by atoms with Crippen molar-refractivity contribution in [2.24, 2.45) is 5.92 Å². The standard InChI is InChI=1S/C31H38N2O6S/c1-3-21-38-28-11-9-26(10-12-28)30(31(34)39-23-25-7-5-4-6-8-25)33(22-24-17-19-32-20-18-24)40(35,36)29-15-13-27(37-2)14-16-29/h4-8,13-20,26,28,30H,3,9-12,21-23H2,1-2H3/t26-,28-,30?. The highest BCUT2D eigenvalue weighted by Crippen LogP contribution is 2.35. The minimum Gasteiger partial charge on any atom is -0.497 e. The van der Waals surface area contributed by atoms with Gasteiger partial charge in [-0.15, -0.1) is 0 Å². The van der Waals surface area contributed by atoms with Crippen molar-refractivity contribution in [2.45, 2.75) is 69.2 Å². The molecule has 1 fully saturated rings. The fraction of sp³-hybridized carbons (Fsp3) is 0.419. The van der Waals surface area contributed by atoms with Gasteiger partial charge in [-0.05, 0) is 85.5 Å². The van der Waals surface area contributed by atoms with Crippen LogP contribution in [0.25, 0.3) is 0 Å². The molecule has 1 aromatic heterocycles. The van der Waals surface area contributed by atoms with Gasteiger partial charge in [0, 0.05) is 25.5 Å². The third-order valence-corrected chi connectivity index (χ3v) is 9.09. The Labute approximate surface area is 237 Å². The number of carbonyl (C=O) groups is 1. The lowest BCUT2D eigenvalue weighted by atomic mass is 9.82. The summed E-state index contributed by atoms with van der Waals surface area (Å²) in [7, 11) is -2.58. The van der Waals surface area contributed by atoms with Crippen molar-refractivity contribution in [3.05, 3.63) is 90.3 Å². The van der Waals surface area contributed by atoms with Crippen molar-refractivity contribution in [3.8, 4) is 5.75 Å². The summed E-state index contributed by atoms with van der Waals surface area (Å²) in [5, 5.41) is 0. The molecule has 0 N–H and O–H groups in total. The molecular weight excluding hydrogens is 528 g/mol. The highest BCUT2D eigenvalue weighted by Gasteiger charge is 2.43. The maximum atomic E-state index is 14.2. The number of sulfonamides is 1. The topological polar surface area (TPSA) is 95.0 Å². The van der Waals surface area contributed by atoms with Gasteiger partial charge in [0.15, 0.2) is 0 Å². The van der Waals surface area contributed by atoms with E-state index in [2.05, 4.69) is 11.9 Å². The second kappa shape index (κ2) is 14.4. The van der Waals surface area contributed by atoms with Crippen molar-refractivity contribution in [3.63, 3.8) is 0 Å². The lowest BCUT2D eigenvalue weighted by Gasteiger charge is -2.38. The van der Waals surface area contributed by atoms with Gasteiger partial charge in [-0.3, -0.25) is 9.78 Å². The van der Waals surface area contributed by atoms with Crippen LogP contribution in [-0.2, 0) is 37.4 Å². The third-order valence-electron chi connectivity index (χ3n) is 7.25. The molecule has 0 aliphatic heterocycles. The van der Waals surface area contributed by atoms with Gasteiger partial charge in [0.05, 0.1) is 18.1 Å². The summed E-state index contributed by atoms with van der Waals surface area (Å²) >= 11 is 0. The minimum absolute atomic E-state index is 0.00818. The van der Waals surface area contributed by atoms with Crippen LogP contribution in [0, 0.1) is 5.92 Å². The van der Waals surface area contributed by atoms with Crippen LogP contribution in [0.4, 0.5) is 0 Å². The second-order valence-corrected chi connectivity index (χ2v) is 11.9. The van der Waals surface area contributed by atoms with Crippen LogP contribution in [0.1, 0.15) is 50.2 Å². The molecule has 214 valence electrons. The maximum absolute atomic E-state index is 14.2. The average Bonchev–Trinajstić information content (AvgIpc) is 3.00. The molecule has 1 atom stereocenters. The normalized spacial score (nSPS) is 18.3. The summed E-state index contributed by atoms with van der Waals surface area (Å²) in [4.78, 5) is 18.0. The quantitative estimate of drug-likeness (QED) is 0.257. The molecule has 0 radical (unpaired) electrons. The zero-order valence-corrected chi connectivity index (χ0v) is 24.0. The number of hydrogen-bond acceptors (Lipinski definition) is 7. The molecule has 2 aromatic carbocycles. The smallest absolute Gasteiger partial charge is 0.325 e.